The Labute approximate surface area is 196 Å². The summed E-state index contributed by atoms with van der Waals surface area (Å²) >= 11 is 1.80. The molecule has 0 saturated heterocycles. The average Bonchev–Trinajstić information content (AvgIpc) is 3.59. The van der Waals surface area contributed by atoms with E-state index in [9.17, 15) is 0 Å². The second-order valence-electron chi connectivity index (χ2n) is 8.14. The smallest absolute Gasteiger partial charge is 0.116 e. The van der Waals surface area contributed by atoms with Gasteiger partial charge >= 0.3 is 0 Å². The molecule has 164 valence electrons. The molecule has 33 heavy (non-hydrogen) atoms. The van der Waals surface area contributed by atoms with Crippen LogP contribution >= 0.6 is 11.8 Å². The molecule has 2 aromatic heterocycles. The Morgan fingerprint density at radius 1 is 0.606 bits per heavy atom. The molecule has 2 unspecified atom stereocenters. The Bertz CT molecular complexity index is 1280. The number of thioether (sulfide) groups is 1. The van der Waals surface area contributed by atoms with E-state index >= 15 is 0 Å². The van der Waals surface area contributed by atoms with E-state index in [1.807, 2.05) is 24.3 Å². The molecule has 0 saturated carbocycles. The van der Waals surface area contributed by atoms with Gasteiger partial charge < -0.3 is 10.6 Å². The van der Waals surface area contributed by atoms with Gasteiger partial charge in [-0.2, -0.15) is 0 Å². The molecule has 6 rings (SSSR count). The van der Waals surface area contributed by atoms with Crippen molar-refractivity contribution in [3.63, 3.8) is 0 Å². The SMILES string of the molecule is c1ccc2nc(C(SC(C3=NCCN3)c3ccc4ccccc4n3)C3=NCCN3)ccc2c1. The summed E-state index contributed by atoms with van der Waals surface area (Å²) in [5.41, 5.74) is 3.99. The molecule has 2 N–H and O–H groups in total. The van der Waals surface area contributed by atoms with Gasteiger partial charge in [-0.15, -0.1) is 11.8 Å². The predicted octanol–water partition coefficient (Wildman–Crippen LogP) is 4.30. The zero-order valence-corrected chi connectivity index (χ0v) is 18.9. The molecule has 0 spiro atoms. The number of hydrogen-bond donors (Lipinski definition) is 2. The maximum atomic E-state index is 5.02. The highest BCUT2D eigenvalue weighted by Crippen LogP contribution is 2.42. The standard InChI is InChI=1S/C26H24N6S/c1-3-7-19-17(5-1)9-11-21(31-19)23(25-27-13-14-28-25)33-24(26-29-15-16-30-26)22-12-10-18-6-2-4-8-20(18)32-22/h1-12,23-24H,13-16H2,(H,27,28)(H,29,30). The number of pyridine rings is 2. The van der Waals surface area contributed by atoms with E-state index in [2.05, 4.69) is 59.2 Å². The first-order valence-corrected chi connectivity index (χ1v) is 12.2. The predicted molar refractivity (Wildman–Crippen MR) is 137 cm³/mol. The molecule has 2 aliphatic rings. The molecular weight excluding hydrogens is 428 g/mol. The molecule has 0 bridgehead atoms. The van der Waals surface area contributed by atoms with Gasteiger partial charge in [0.15, 0.2) is 0 Å². The lowest BCUT2D eigenvalue weighted by Crippen LogP contribution is -2.29. The minimum Gasteiger partial charge on any atom is -0.371 e. The number of fused-ring (bicyclic) bond motifs is 2. The number of nitrogens with one attached hydrogen (secondary N) is 2. The van der Waals surface area contributed by atoms with E-state index in [0.29, 0.717) is 0 Å². The fourth-order valence-corrected chi connectivity index (χ4v) is 5.71. The van der Waals surface area contributed by atoms with Gasteiger partial charge in [-0.05, 0) is 24.3 Å². The maximum absolute atomic E-state index is 5.02. The lowest BCUT2D eigenvalue weighted by molar-refractivity contribution is 0.943. The first-order chi connectivity index (χ1) is 16.3. The number of nitrogens with zero attached hydrogens (tertiary/aromatic N) is 4. The van der Waals surface area contributed by atoms with Crippen molar-refractivity contribution in [2.45, 2.75) is 10.5 Å². The minimum atomic E-state index is -0.0412. The highest BCUT2D eigenvalue weighted by Gasteiger charge is 2.32. The van der Waals surface area contributed by atoms with Crippen LogP contribution in [0.1, 0.15) is 21.9 Å². The van der Waals surface area contributed by atoms with Gasteiger partial charge in [0.25, 0.3) is 0 Å². The summed E-state index contributed by atoms with van der Waals surface area (Å²) in [7, 11) is 0. The van der Waals surface area contributed by atoms with Crippen LogP contribution in [0.15, 0.2) is 82.8 Å². The third kappa shape index (κ3) is 4.04. The van der Waals surface area contributed by atoms with Gasteiger partial charge in [-0.1, -0.05) is 48.5 Å². The van der Waals surface area contributed by atoms with Gasteiger partial charge in [-0.3, -0.25) is 20.0 Å². The van der Waals surface area contributed by atoms with Crippen molar-refractivity contribution >= 4 is 45.2 Å². The Morgan fingerprint density at radius 3 is 1.55 bits per heavy atom. The number of rotatable bonds is 6. The summed E-state index contributed by atoms with van der Waals surface area (Å²) in [6.45, 7) is 3.30. The van der Waals surface area contributed by atoms with Crippen LogP contribution in [0.3, 0.4) is 0 Å². The molecule has 6 nitrogen and oxygen atoms in total. The Balaban J connectivity index is 1.42. The zero-order chi connectivity index (χ0) is 22.0. The highest BCUT2D eigenvalue weighted by molar-refractivity contribution is 8.01. The van der Waals surface area contributed by atoms with Crippen molar-refractivity contribution in [1.29, 1.82) is 0 Å². The first kappa shape index (κ1) is 20.2. The van der Waals surface area contributed by atoms with Crippen molar-refractivity contribution in [3.05, 3.63) is 84.2 Å². The van der Waals surface area contributed by atoms with E-state index < -0.39 is 0 Å². The van der Waals surface area contributed by atoms with Crippen LogP contribution < -0.4 is 10.6 Å². The molecule has 0 amide bonds. The van der Waals surface area contributed by atoms with Crippen molar-refractivity contribution in [1.82, 2.24) is 20.6 Å². The van der Waals surface area contributed by atoms with Crippen LogP contribution in [0.2, 0.25) is 0 Å². The summed E-state index contributed by atoms with van der Waals surface area (Å²) in [5.74, 6) is 1.96. The molecule has 0 fully saturated rings. The molecule has 2 atom stereocenters. The molecular formula is C26H24N6S. The molecule has 4 aromatic rings. The average molecular weight is 453 g/mol. The fraction of sp³-hybridized carbons (Fsp3) is 0.231. The number of benzene rings is 2. The van der Waals surface area contributed by atoms with E-state index in [1.165, 1.54) is 0 Å². The van der Waals surface area contributed by atoms with Crippen LogP contribution in [-0.4, -0.2) is 47.8 Å². The Kier molecular flexibility index (Phi) is 5.40. The van der Waals surface area contributed by atoms with Crippen molar-refractivity contribution in [3.8, 4) is 0 Å². The molecule has 4 heterocycles. The largest absolute Gasteiger partial charge is 0.371 e. The van der Waals surface area contributed by atoms with Crippen LogP contribution in [0.5, 0.6) is 0 Å². The third-order valence-corrected chi connectivity index (χ3v) is 7.42. The second-order valence-corrected chi connectivity index (χ2v) is 9.36. The highest BCUT2D eigenvalue weighted by atomic mass is 32.2. The van der Waals surface area contributed by atoms with Gasteiger partial charge in [0.2, 0.25) is 0 Å². The molecule has 0 radical (unpaired) electrons. The summed E-state index contributed by atoms with van der Waals surface area (Å²) in [4.78, 5) is 19.6. The quantitative estimate of drug-likeness (QED) is 0.456. The molecule has 2 aliphatic heterocycles. The number of para-hydroxylation sites is 2. The van der Waals surface area contributed by atoms with Gasteiger partial charge in [0.05, 0.1) is 35.5 Å². The molecule has 7 heteroatoms. The third-order valence-electron chi connectivity index (χ3n) is 5.95. The normalized spacial score (nSPS) is 17.3. The number of amidine groups is 2. The fourth-order valence-electron chi connectivity index (χ4n) is 4.32. The number of aliphatic imine (C=N–C) groups is 2. The van der Waals surface area contributed by atoms with E-state index in [0.717, 1.165) is 71.0 Å². The lowest BCUT2D eigenvalue weighted by Gasteiger charge is -2.24. The van der Waals surface area contributed by atoms with Crippen LogP contribution in [-0.2, 0) is 0 Å². The van der Waals surface area contributed by atoms with Crippen LogP contribution in [0.25, 0.3) is 21.8 Å². The topological polar surface area (TPSA) is 74.6 Å². The van der Waals surface area contributed by atoms with E-state index in [1.54, 1.807) is 11.8 Å². The van der Waals surface area contributed by atoms with E-state index in [-0.39, 0.29) is 10.5 Å². The van der Waals surface area contributed by atoms with Gasteiger partial charge in [0, 0.05) is 23.9 Å². The summed E-state index contributed by atoms with van der Waals surface area (Å²) in [6.07, 6.45) is 0. The summed E-state index contributed by atoms with van der Waals surface area (Å²) in [6, 6.07) is 25.0. The lowest BCUT2D eigenvalue weighted by atomic mass is 10.1. The summed E-state index contributed by atoms with van der Waals surface area (Å²) < 4.78 is 0. The monoisotopic (exact) mass is 452 g/mol. The number of aromatic nitrogens is 2. The van der Waals surface area contributed by atoms with Gasteiger partial charge in [0.1, 0.15) is 22.2 Å². The molecule has 0 aliphatic carbocycles. The van der Waals surface area contributed by atoms with E-state index in [4.69, 9.17) is 20.0 Å². The van der Waals surface area contributed by atoms with Crippen LogP contribution in [0.4, 0.5) is 0 Å². The Morgan fingerprint density at radius 2 is 1.09 bits per heavy atom. The van der Waals surface area contributed by atoms with Gasteiger partial charge in [-0.25, -0.2) is 0 Å². The molecule has 2 aromatic carbocycles. The Hall–Kier alpha value is -3.45. The zero-order valence-electron chi connectivity index (χ0n) is 18.1. The first-order valence-electron chi connectivity index (χ1n) is 11.3. The minimum absolute atomic E-state index is 0.0412. The van der Waals surface area contributed by atoms with Crippen molar-refractivity contribution < 1.29 is 0 Å². The van der Waals surface area contributed by atoms with Crippen LogP contribution in [0, 0.1) is 0 Å². The van der Waals surface area contributed by atoms with Crippen molar-refractivity contribution in [2.24, 2.45) is 9.98 Å². The maximum Gasteiger partial charge on any atom is 0.116 e. The second kappa shape index (κ2) is 8.83. The number of hydrogen-bond acceptors (Lipinski definition) is 7. The summed E-state index contributed by atoms with van der Waals surface area (Å²) in [5, 5.41) is 9.17. The van der Waals surface area contributed by atoms with Crippen molar-refractivity contribution in [2.75, 3.05) is 26.2 Å².